The molecule has 0 bridgehead atoms. The fraction of sp³-hybridized carbons (Fsp3) is 0.300. The molecule has 0 aliphatic rings. The summed E-state index contributed by atoms with van der Waals surface area (Å²) < 4.78 is 5.50. The van der Waals surface area contributed by atoms with Crippen molar-refractivity contribution in [2.24, 2.45) is 0 Å². The molecule has 132 valence electrons. The predicted molar refractivity (Wildman–Crippen MR) is 100 cm³/mol. The van der Waals surface area contributed by atoms with Crippen molar-refractivity contribution >= 4 is 23.2 Å². The molecule has 5 nitrogen and oxygen atoms in total. The van der Waals surface area contributed by atoms with Gasteiger partial charge < -0.3 is 15.0 Å². The fourth-order valence-electron chi connectivity index (χ4n) is 2.54. The summed E-state index contributed by atoms with van der Waals surface area (Å²) in [4.78, 5) is 25.8. The smallest absolute Gasteiger partial charge is 0.226 e. The molecule has 0 saturated carbocycles. The number of nitrogens with one attached hydrogen (secondary N) is 1. The molecule has 1 N–H and O–H groups in total. The normalized spacial score (nSPS) is 10.2. The van der Waals surface area contributed by atoms with Gasteiger partial charge in [-0.05, 0) is 43.7 Å². The molecule has 0 atom stereocenters. The second-order valence-electron chi connectivity index (χ2n) is 5.74. The van der Waals surface area contributed by atoms with Crippen LogP contribution in [0.2, 0.25) is 0 Å². The minimum absolute atomic E-state index is 0.0897. The average Bonchev–Trinajstić information content (AvgIpc) is 2.57. The highest BCUT2D eigenvalue weighted by molar-refractivity contribution is 5.95. The van der Waals surface area contributed by atoms with Gasteiger partial charge in [-0.1, -0.05) is 24.3 Å². The molecule has 0 aromatic heterocycles. The van der Waals surface area contributed by atoms with E-state index in [0.717, 1.165) is 11.3 Å². The lowest BCUT2D eigenvalue weighted by Gasteiger charge is -2.21. The third-order valence-electron chi connectivity index (χ3n) is 3.72. The Labute approximate surface area is 148 Å². The van der Waals surface area contributed by atoms with E-state index in [-0.39, 0.29) is 18.2 Å². The van der Waals surface area contributed by atoms with Crippen molar-refractivity contribution in [2.45, 2.75) is 27.2 Å². The molecular weight excluding hydrogens is 316 g/mol. The van der Waals surface area contributed by atoms with Crippen LogP contribution in [0.15, 0.2) is 48.5 Å². The SMILES string of the molecule is CCOc1ccccc1NC(=O)CCN(C(C)=O)c1cccc(C)c1. The van der Waals surface area contributed by atoms with E-state index in [1.54, 1.807) is 11.0 Å². The highest BCUT2D eigenvalue weighted by Gasteiger charge is 2.14. The minimum atomic E-state index is -0.161. The van der Waals surface area contributed by atoms with E-state index in [2.05, 4.69) is 5.32 Å². The van der Waals surface area contributed by atoms with Gasteiger partial charge in [0, 0.05) is 25.6 Å². The standard InChI is InChI=1S/C20H24N2O3/c1-4-25-19-11-6-5-10-18(19)21-20(24)12-13-22(16(3)23)17-9-7-8-15(2)14-17/h5-11,14H,4,12-13H2,1-3H3,(H,21,24). The van der Waals surface area contributed by atoms with Crippen LogP contribution in [0.5, 0.6) is 5.75 Å². The van der Waals surface area contributed by atoms with Crippen LogP contribution in [0.25, 0.3) is 0 Å². The van der Waals surface area contributed by atoms with Crippen LogP contribution in [0.4, 0.5) is 11.4 Å². The van der Waals surface area contributed by atoms with Crippen molar-refractivity contribution in [1.82, 2.24) is 0 Å². The number of ether oxygens (including phenoxy) is 1. The molecule has 2 amide bonds. The molecule has 2 aromatic rings. The van der Waals surface area contributed by atoms with E-state index in [4.69, 9.17) is 4.74 Å². The number of carbonyl (C=O) groups is 2. The number of rotatable bonds is 7. The molecule has 2 aromatic carbocycles. The first-order valence-electron chi connectivity index (χ1n) is 8.37. The molecule has 0 radical (unpaired) electrons. The Morgan fingerprint density at radius 3 is 2.56 bits per heavy atom. The summed E-state index contributed by atoms with van der Waals surface area (Å²) in [5.41, 5.74) is 2.51. The number of nitrogens with zero attached hydrogens (tertiary/aromatic N) is 1. The van der Waals surface area contributed by atoms with Crippen LogP contribution >= 0.6 is 0 Å². The molecule has 0 heterocycles. The number of hydrogen-bond acceptors (Lipinski definition) is 3. The van der Waals surface area contributed by atoms with Gasteiger partial charge in [0.05, 0.1) is 12.3 Å². The molecule has 0 unspecified atom stereocenters. The lowest BCUT2D eigenvalue weighted by atomic mass is 10.2. The first kappa shape index (κ1) is 18.5. The summed E-state index contributed by atoms with van der Waals surface area (Å²) in [7, 11) is 0. The average molecular weight is 340 g/mol. The van der Waals surface area contributed by atoms with Gasteiger partial charge in [-0.3, -0.25) is 9.59 Å². The highest BCUT2D eigenvalue weighted by Crippen LogP contribution is 2.24. The van der Waals surface area contributed by atoms with E-state index in [1.165, 1.54) is 6.92 Å². The second-order valence-corrected chi connectivity index (χ2v) is 5.74. The summed E-state index contributed by atoms with van der Waals surface area (Å²) in [6.45, 7) is 6.22. The first-order valence-corrected chi connectivity index (χ1v) is 8.37. The van der Waals surface area contributed by atoms with Gasteiger partial charge in [0.15, 0.2) is 0 Å². The summed E-state index contributed by atoms with van der Waals surface area (Å²) in [6, 6.07) is 15.0. The molecule has 0 spiro atoms. The van der Waals surface area contributed by atoms with Crippen LogP contribution in [-0.4, -0.2) is 25.0 Å². The molecule has 0 fully saturated rings. The van der Waals surface area contributed by atoms with Crippen LogP contribution in [0.1, 0.15) is 25.8 Å². The maximum atomic E-state index is 12.3. The second kappa shape index (κ2) is 8.87. The number of carbonyl (C=O) groups excluding carboxylic acids is 2. The Morgan fingerprint density at radius 2 is 1.88 bits per heavy atom. The van der Waals surface area contributed by atoms with Crippen molar-refractivity contribution in [3.63, 3.8) is 0 Å². The zero-order chi connectivity index (χ0) is 18.2. The Bertz CT molecular complexity index is 743. The largest absolute Gasteiger partial charge is 0.492 e. The number of benzene rings is 2. The quantitative estimate of drug-likeness (QED) is 0.834. The van der Waals surface area contributed by atoms with Gasteiger partial charge in [0.2, 0.25) is 11.8 Å². The van der Waals surface area contributed by atoms with Gasteiger partial charge in [0.25, 0.3) is 0 Å². The topological polar surface area (TPSA) is 58.6 Å². The molecule has 0 aliphatic heterocycles. The molecular formula is C20H24N2O3. The van der Waals surface area contributed by atoms with Gasteiger partial charge in [-0.15, -0.1) is 0 Å². The Hall–Kier alpha value is -2.82. The third kappa shape index (κ3) is 5.35. The number of amides is 2. The summed E-state index contributed by atoms with van der Waals surface area (Å²) in [5, 5.41) is 2.85. The highest BCUT2D eigenvalue weighted by atomic mass is 16.5. The van der Waals surface area contributed by atoms with Crippen molar-refractivity contribution in [3.05, 3.63) is 54.1 Å². The van der Waals surface area contributed by atoms with E-state index < -0.39 is 0 Å². The fourth-order valence-corrected chi connectivity index (χ4v) is 2.54. The van der Waals surface area contributed by atoms with E-state index in [1.807, 2.05) is 56.3 Å². The van der Waals surface area contributed by atoms with E-state index in [9.17, 15) is 9.59 Å². The summed E-state index contributed by atoms with van der Waals surface area (Å²) >= 11 is 0. The van der Waals surface area contributed by atoms with Gasteiger partial charge in [0.1, 0.15) is 5.75 Å². The first-order chi connectivity index (χ1) is 12.0. The van der Waals surface area contributed by atoms with Gasteiger partial charge in [-0.25, -0.2) is 0 Å². The maximum Gasteiger partial charge on any atom is 0.226 e. The molecule has 5 heteroatoms. The zero-order valence-corrected chi connectivity index (χ0v) is 14.9. The number of aryl methyl sites for hydroxylation is 1. The Balaban J connectivity index is 2.01. The molecule has 2 rings (SSSR count). The van der Waals surface area contributed by atoms with Crippen molar-refractivity contribution < 1.29 is 14.3 Å². The number of hydrogen-bond donors (Lipinski definition) is 1. The van der Waals surface area contributed by atoms with Crippen molar-refractivity contribution in [2.75, 3.05) is 23.4 Å². The number of para-hydroxylation sites is 2. The van der Waals surface area contributed by atoms with E-state index in [0.29, 0.717) is 24.6 Å². The molecule has 0 aliphatic carbocycles. The van der Waals surface area contributed by atoms with Crippen LogP contribution < -0.4 is 15.0 Å². The van der Waals surface area contributed by atoms with Crippen LogP contribution in [0, 0.1) is 6.92 Å². The molecule has 0 saturated heterocycles. The zero-order valence-electron chi connectivity index (χ0n) is 14.9. The van der Waals surface area contributed by atoms with Gasteiger partial charge in [-0.2, -0.15) is 0 Å². The van der Waals surface area contributed by atoms with Crippen LogP contribution in [0.3, 0.4) is 0 Å². The van der Waals surface area contributed by atoms with Gasteiger partial charge >= 0.3 is 0 Å². The summed E-state index contributed by atoms with van der Waals surface area (Å²) in [5.74, 6) is 0.389. The predicted octanol–water partition coefficient (Wildman–Crippen LogP) is 3.78. The Kier molecular flexibility index (Phi) is 6.57. The maximum absolute atomic E-state index is 12.3. The minimum Gasteiger partial charge on any atom is -0.492 e. The molecule has 25 heavy (non-hydrogen) atoms. The lowest BCUT2D eigenvalue weighted by molar-refractivity contribution is -0.117. The van der Waals surface area contributed by atoms with E-state index >= 15 is 0 Å². The lowest BCUT2D eigenvalue weighted by Crippen LogP contribution is -2.32. The van der Waals surface area contributed by atoms with Crippen molar-refractivity contribution in [1.29, 1.82) is 0 Å². The summed E-state index contributed by atoms with van der Waals surface area (Å²) in [6.07, 6.45) is 0.202. The Morgan fingerprint density at radius 1 is 1.12 bits per heavy atom. The number of anilines is 2. The third-order valence-corrected chi connectivity index (χ3v) is 3.72. The van der Waals surface area contributed by atoms with Crippen LogP contribution in [-0.2, 0) is 9.59 Å². The van der Waals surface area contributed by atoms with Crippen molar-refractivity contribution in [3.8, 4) is 5.75 Å². The monoisotopic (exact) mass is 340 g/mol.